The van der Waals surface area contributed by atoms with Crippen molar-refractivity contribution in [3.63, 3.8) is 0 Å². The van der Waals surface area contributed by atoms with Crippen LogP contribution in [-0.4, -0.2) is 20.7 Å². The van der Waals surface area contributed by atoms with Gasteiger partial charge in [0.05, 0.1) is 6.61 Å². The molecule has 0 amide bonds. The van der Waals surface area contributed by atoms with E-state index in [1.807, 2.05) is 24.3 Å². The fourth-order valence-electron chi connectivity index (χ4n) is 1.49. The van der Waals surface area contributed by atoms with Gasteiger partial charge in [-0.1, -0.05) is 58.0 Å². The van der Waals surface area contributed by atoms with Crippen LogP contribution in [0.5, 0.6) is 0 Å². The molecular formula is C19H26O2Si. The molecule has 0 fully saturated rings. The third-order valence-electron chi connectivity index (χ3n) is 3.11. The first-order valence-corrected chi connectivity index (χ1v) is 11.3. The monoisotopic (exact) mass is 314 g/mol. The molecule has 1 atom stereocenters. The largest absolute Gasteiger partial charge is 0.462 e. The maximum absolute atomic E-state index is 11.6. The second-order valence-electron chi connectivity index (χ2n) is 6.60. The highest BCUT2D eigenvalue weighted by Gasteiger charge is 2.07. The van der Waals surface area contributed by atoms with Crippen LogP contribution in [0.3, 0.4) is 0 Å². The molecule has 22 heavy (non-hydrogen) atoms. The zero-order valence-corrected chi connectivity index (χ0v) is 15.3. The Hall–Kier alpha value is -1.79. The van der Waals surface area contributed by atoms with Gasteiger partial charge in [-0.3, -0.25) is 0 Å². The zero-order chi connectivity index (χ0) is 16.6. The molecule has 0 aliphatic rings. The maximum Gasteiger partial charge on any atom is 0.330 e. The summed E-state index contributed by atoms with van der Waals surface area (Å²) in [6.45, 7) is 11.3. The zero-order valence-electron chi connectivity index (χ0n) is 14.3. The van der Waals surface area contributed by atoms with Gasteiger partial charge in [-0.05, 0) is 29.7 Å². The van der Waals surface area contributed by atoms with E-state index in [-0.39, 0.29) is 5.97 Å². The predicted octanol–water partition coefficient (Wildman–Crippen LogP) is 4.52. The lowest BCUT2D eigenvalue weighted by Crippen LogP contribution is -2.16. The summed E-state index contributed by atoms with van der Waals surface area (Å²) in [6, 6.07) is 7.90. The topological polar surface area (TPSA) is 26.3 Å². The average Bonchev–Trinajstić information content (AvgIpc) is 2.48. The van der Waals surface area contributed by atoms with Crippen molar-refractivity contribution < 1.29 is 9.53 Å². The van der Waals surface area contributed by atoms with Crippen LogP contribution in [0.1, 0.15) is 31.4 Å². The van der Waals surface area contributed by atoms with Gasteiger partial charge < -0.3 is 4.74 Å². The maximum atomic E-state index is 11.6. The van der Waals surface area contributed by atoms with Crippen molar-refractivity contribution in [2.45, 2.75) is 39.9 Å². The molecule has 0 bridgehead atoms. The summed E-state index contributed by atoms with van der Waals surface area (Å²) < 4.78 is 5.17. The Balaban J connectivity index is 2.58. The molecule has 1 aromatic rings. The fraction of sp³-hybridized carbons (Fsp3) is 0.421. The lowest BCUT2D eigenvalue weighted by molar-refractivity contribution is -0.138. The molecular weight excluding hydrogens is 288 g/mol. The van der Waals surface area contributed by atoms with E-state index in [1.54, 1.807) is 6.08 Å². The number of benzene rings is 1. The number of hydrogen-bond acceptors (Lipinski definition) is 2. The van der Waals surface area contributed by atoms with E-state index < -0.39 is 8.07 Å². The molecule has 1 rings (SSSR count). The van der Waals surface area contributed by atoms with Gasteiger partial charge in [-0.25, -0.2) is 4.79 Å². The summed E-state index contributed by atoms with van der Waals surface area (Å²) in [5.41, 5.74) is 5.32. The van der Waals surface area contributed by atoms with E-state index >= 15 is 0 Å². The van der Waals surface area contributed by atoms with Gasteiger partial charge in [0.25, 0.3) is 0 Å². The van der Waals surface area contributed by atoms with Crippen LogP contribution in [0.25, 0.3) is 6.08 Å². The van der Waals surface area contributed by atoms with Gasteiger partial charge in [0.1, 0.15) is 8.07 Å². The Morgan fingerprint density at radius 3 is 2.45 bits per heavy atom. The Kier molecular flexibility index (Phi) is 7.14. The first kappa shape index (κ1) is 18.3. The normalized spacial score (nSPS) is 12.6. The van der Waals surface area contributed by atoms with Gasteiger partial charge >= 0.3 is 5.97 Å². The number of rotatable bonds is 5. The Morgan fingerprint density at radius 1 is 1.27 bits per heavy atom. The van der Waals surface area contributed by atoms with Gasteiger partial charge in [0.15, 0.2) is 0 Å². The lowest BCUT2D eigenvalue weighted by Gasteiger charge is -2.07. The fourth-order valence-corrected chi connectivity index (χ4v) is 2.01. The molecule has 1 unspecified atom stereocenters. The average molecular weight is 315 g/mol. The van der Waals surface area contributed by atoms with Gasteiger partial charge in [-0.15, -0.1) is 5.54 Å². The molecule has 0 heterocycles. The number of carbonyl (C=O) groups excluding carboxylic acids is 1. The standard InChI is InChI=1S/C19H26O2Si/c1-6-16(2)15-21-19(20)12-11-17-7-9-18(10-8-17)13-14-22(3,4)5/h7-12,16H,6,15H2,1-5H3. The van der Waals surface area contributed by atoms with Crippen molar-refractivity contribution in [1.29, 1.82) is 0 Å². The van der Waals surface area contributed by atoms with E-state index in [1.165, 1.54) is 6.08 Å². The molecule has 2 nitrogen and oxygen atoms in total. The highest BCUT2D eigenvalue weighted by Crippen LogP contribution is 2.07. The summed E-state index contributed by atoms with van der Waals surface area (Å²) in [6.07, 6.45) is 4.26. The Labute approximate surface area is 135 Å². The van der Waals surface area contributed by atoms with Crippen LogP contribution >= 0.6 is 0 Å². The predicted molar refractivity (Wildman–Crippen MR) is 96.1 cm³/mol. The molecule has 0 saturated heterocycles. The smallest absolute Gasteiger partial charge is 0.330 e. The summed E-state index contributed by atoms with van der Waals surface area (Å²) >= 11 is 0. The van der Waals surface area contributed by atoms with Gasteiger partial charge in [-0.2, -0.15) is 0 Å². The van der Waals surface area contributed by atoms with E-state index in [2.05, 4.69) is 45.0 Å². The molecule has 0 spiro atoms. The molecule has 0 saturated carbocycles. The van der Waals surface area contributed by atoms with Gasteiger partial charge in [0, 0.05) is 11.6 Å². The van der Waals surface area contributed by atoms with Gasteiger partial charge in [0.2, 0.25) is 0 Å². The van der Waals surface area contributed by atoms with Crippen molar-refractivity contribution in [2.24, 2.45) is 5.92 Å². The molecule has 3 heteroatoms. The van der Waals surface area contributed by atoms with Crippen LogP contribution in [-0.2, 0) is 9.53 Å². The molecule has 0 N–H and O–H groups in total. The van der Waals surface area contributed by atoms with Crippen LogP contribution in [0.2, 0.25) is 19.6 Å². The minimum Gasteiger partial charge on any atom is -0.462 e. The molecule has 0 aliphatic heterocycles. The van der Waals surface area contributed by atoms with Crippen LogP contribution in [0, 0.1) is 17.4 Å². The lowest BCUT2D eigenvalue weighted by atomic mass is 10.1. The Morgan fingerprint density at radius 2 is 1.91 bits per heavy atom. The van der Waals surface area contributed by atoms with E-state index in [4.69, 9.17) is 4.74 Å². The second kappa shape index (κ2) is 8.60. The van der Waals surface area contributed by atoms with E-state index in [0.29, 0.717) is 12.5 Å². The third kappa shape index (κ3) is 7.85. The highest BCUT2D eigenvalue weighted by atomic mass is 28.3. The number of carbonyl (C=O) groups is 1. The quantitative estimate of drug-likeness (QED) is 0.346. The van der Waals surface area contributed by atoms with Crippen molar-refractivity contribution >= 4 is 20.1 Å². The first-order chi connectivity index (χ1) is 10.3. The molecule has 118 valence electrons. The summed E-state index contributed by atoms with van der Waals surface area (Å²) in [7, 11) is -1.34. The highest BCUT2D eigenvalue weighted by molar-refractivity contribution is 6.83. The van der Waals surface area contributed by atoms with Crippen LogP contribution in [0.15, 0.2) is 30.3 Å². The summed E-state index contributed by atoms with van der Waals surface area (Å²) in [5, 5.41) is 0. The van der Waals surface area contributed by atoms with Crippen molar-refractivity contribution in [2.75, 3.05) is 6.61 Å². The SMILES string of the molecule is CCC(C)COC(=O)C=Cc1ccc(C#C[Si](C)(C)C)cc1. The van der Waals surface area contributed by atoms with Crippen molar-refractivity contribution in [1.82, 2.24) is 0 Å². The Bertz CT molecular complexity index is 568. The van der Waals surface area contributed by atoms with Crippen molar-refractivity contribution in [3.05, 3.63) is 41.5 Å². The first-order valence-electron chi connectivity index (χ1n) is 7.78. The minimum absolute atomic E-state index is 0.289. The van der Waals surface area contributed by atoms with E-state index in [0.717, 1.165) is 17.5 Å². The summed E-state index contributed by atoms with van der Waals surface area (Å²) in [4.78, 5) is 11.6. The number of esters is 1. The molecule has 0 aliphatic carbocycles. The van der Waals surface area contributed by atoms with E-state index in [9.17, 15) is 4.79 Å². The minimum atomic E-state index is -1.34. The van der Waals surface area contributed by atoms with Crippen LogP contribution in [0.4, 0.5) is 0 Å². The second-order valence-corrected chi connectivity index (χ2v) is 11.3. The van der Waals surface area contributed by atoms with Crippen molar-refractivity contribution in [3.8, 4) is 11.5 Å². The molecule has 1 aromatic carbocycles. The third-order valence-corrected chi connectivity index (χ3v) is 3.99. The van der Waals surface area contributed by atoms with Crippen LogP contribution < -0.4 is 0 Å². The molecule has 0 aromatic heterocycles. The summed E-state index contributed by atoms with van der Waals surface area (Å²) in [5.74, 6) is 3.33. The number of ether oxygens (including phenoxy) is 1. The number of hydrogen-bond donors (Lipinski definition) is 0. The molecule has 0 radical (unpaired) electrons.